The molecule has 0 spiro atoms. The molecule has 1 amide bonds. The minimum Gasteiger partial charge on any atom is -0.369 e. The number of amides is 1. The average Bonchev–Trinajstić information content (AvgIpc) is 2.18. The van der Waals surface area contributed by atoms with E-state index in [1.807, 2.05) is 18.7 Å². The first-order valence-corrected chi connectivity index (χ1v) is 5.55. The number of likely N-dealkylation sites (tertiary alicyclic amines) is 1. The summed E-state index contributed by atoms with van der Waals surface area (Å²) in [5.74, 6) is -0.00511. The van der Waals surface area contributed by atoms with E-state index in [1.165, 1.54) is 0 Å². The molecule has 15 heavy (non-hydrogen) atoms. The second-order valence-corrected chi connectivity index (χ2v) is 4.60. The largest absolute Gasteiger partial charge is 0.369 e. The molecule has 0 radical (unpaired) electrons. The maximum atomic E-state index is 11.5. The first-order valence-electron chi connectivity index (χ1n) is 5.55. The quantitative estimate of drug-likeness (QED) is 0.734. The fraction of sp³-hybridized carbons (Fsp3) is 0.818. The summed E-state index contributed by atoms with van der Waals surface area (Å²) in [6, 6.07) is 0. The maximum Gasteiger partial charge on any atom is 0.221 e. The van der Waals surface area contributed by atoms with Gasteiger partial charge in [-0.25, -0.2) is 0 Å². The SMILES string of the molecule is CC(C)C(=O)CN1CCCC(C(N)=O)C1. The zero-order chi connectivity index (χ0) is 11.4. The van der Waals surface area contributed by atoms with Crippen LogP contribution < -0.4 is 5.73 Å². The summed E-state index contributed by atoms with van der Waals surface area (Å²) in [5.41, 5.74) is 5.27. The summed E-state index contributed by atoms with van der Waals surface area (Å²) < 4.78 is 0. The molecule has 1 rings (SSSR count). The fourth-order valence-electron chi connectivity index (χ4n) is 1.83. The van der Waals surface area contributed by atoms with Crippen molar-refractivity contribution in [3.05, 3.63) is 0 Å². The highest BCUT2D eigenvalue weighted by atomic mass is 16.1. The molecule has 0 bridgehead atoms. The number of Topliss-reactive ketones (excluding diaryl/α,β-unsaturated/α-hetero) is 1. The van der Waals surface area contributed by atoms with Gasteiger partial charge in [-0.2, -0.15) is 0 Å². The molecule has 2 N–H and O–H groups in total. The van der Waals surface area contributed by atoms with Gasteiger partial charge in [-0.15, -0.1) is 0 Å². The van der Waals surface area contributed by atoms with Gasteiger partial charge in [0.15, 0.2) is 0 Å². The van der Waals surface area contributed by atoms with E-state index in [9.17, 15) is 9.59 Å². The Labute approximate surface area is 90.8 Å². The summed E-state index contributed by atoms with van der Waals surface area (Å²) in [4.78, 5) is 24.6. The number of hydrogen-bond acceptors (Lipinski definition) is 3. The van der Waals surface area contributed by atoms with E-state index >= 15 is 0 Å². The third-order valence-electron chi connectivity index (χ3n) is 2.93. The number of piperidine rings is 1. The molecule has 1 aliphatic heterocycles. The van der Waals surface area contributed by atoms with E-state index in [2.05, 4.69) is 0 Å². The molecule has 1 fully saturated rings. The summed E-state index contributed by atoms with van der Waals surface area (Å²) in [6.07, 6.45) is 1.82. The van der Waals surface area contributed by atoms with E-state index in [1.54, 1.807) is 0 Å². The van der Waals surface area contributed by atoms with Crippen LogP contribution in [0.3, 0.4) is 0 Å². The Hall–Kier alpha value is -0.900. The van der Waals surface area contributed by atoms with E-state index in [-0.39, 0.29) is 23.5 Å². The topological polar surface area (TPSA) is 63.4 Å². The van der Waals surface area contributed by atoms with Crippen molar-refractivity contribution in [3.63, 3.8) is 0 Å². The van der Waals surface area contributed by atoms with E-state index in [4.69, 9.17) is 5.73 Å². The Morgan fingerprint density at radius 3 is 2.67 bits per heavy atom. The lowest BCUT2D eigenvalue weighted by Gasteiger charge is -2.30. The molecule has 1 aliphatic rings. The number of ketones is 1. The van der Waals surface area contributed by atoms with Crippen LogP contribution in [0.2, 0.25) is 0 Å². The van der Waals surface area contributed by atoms with Gasteiger partial charge in [0.05, 0.1) is 12.5 Å². The van der Waals surface area contributed by atoms with Crippen molar-refractivity contribution in [3.8, 4) is 0 Å². The smallest absolute Gasteiger partial charge is 0.221 e. The summed E-state index contributed by atoms with van der Waals surface area (Å²) in [6.45, 7) is 5.81. The fourth-order valence-corrected chi connectivity index (χ4v) is 1.83. The number of nitrogens with zero attached hydrogens (tertiary/aromatic N) is 1. The molecule has 0 saturated carbocycles. The van der Waals surface area contributed by atoms with Gasteiger partial charge in [-0.1, -0.05) is 13.8 Å². The second-order valence-electron chi connectivity index (χ2n) is 4.60. The Morgan fingerprint density at radius 1 is 1.47 bits per heavy atom. The number of primary amides is 1. The Kier molecular flexibility index (Phi) is 4.27. The van der Waals surface area contributed by atoms with Crippen LogP contribution in [0.1, 0.15) is 26.7 Å². The lowest BCUT2D eigenvalue weighted by atomic mass is 9.97. The molecule has 4 nitrogen and oxygen atoms in total. The van der Waals surface area contributed by atoms with E-state index in [0.29, 0.717) is 13.1 Å². The molecule has 0 aromatic carbocycles. The van der Waals surface area contributed by atoms with Gasteiger partial charge >= 0.3 is 0 Å². The number of carbonyl (C=O) groups is 2. The number of rotatable bonds is 4. The van der Waals surface area contributed by atoms with Crippen molar-refractivity contribution < 1.29 is 9.59 Å². The van der Waals surface area contributed by atoms with Crippen molar-refractivity contribution in [2.45, 2.75) is 26.7 Å². The van der Waals surface area contributed by atoms with Gasteiger partial charge < -0.3 is 5.73 Å². The molecular formula is C11H20N2O2. The Bertz CT molecular complexity index is 251. The normalized spacial score (nSPS) is 23.0. The molecule has 0 aromatic rings. The average molecular weight is 212 g/mol. The van der Waals surface area contributed by atoms with Crippen LogP contribution in [0.15, 0.2) is 0 Å². The van der Waals surface area contributed by atoms with Crippen LogP contribution in [-0.4, -0.2) is 36.2 Å². The third-order valence-corrected chi connectivity index (χ3v) is 2.93. The van der Waals surface area contributed by atoms with Crippen molar-refractivity contribution in [1.82, 2.24) is 4.90 Å². The Morgan fingerprint density at radius 2 is 2.13 bits per heavy atom. The van der Waals surface area contributed by atoms with Crippen molar-refractivity contribution in [2.24, 2.45) is 17.6 Å². The van der Waals surface area contributed by atoms with E-state index in [0.717, 1.165) is 19.4 Å². The molecule has 1 atom stereocenters. The first kappa shape index (κ1) is 12.2. The highest BCUT2D eigenvalue weighted by molar-refractivity contribution is 5.82. The lowest BCUT2D eigenvalue weighted by molar-refractivity contribution is -0.127. The number of carbonyl (C=O) groups excluding carboxylic acids is 2. The molecule has 1 unspecified atom stereocenters. The van der Waals surface area contributed by atoms with Gasteiger partial charge in [-0.3, -0.25) is 14.5 Å². The molecular weight excluding hydrogens is 192 g/mol. The molecule has 0 aromatic heterocycles. The zero-order valence-corrected chi connectivity index (χ0v) is 9.53. The highest BCUT2D eigenvalue weighted by Gasteiger charge is 2.25. The molecule has 0 aliphatic carbocycles. The van der Waals surface area contributed by atoms with Gasteiger partial charge in [-0.05, 0) is 19.4 Å². The third kappa shape index (κ3) is 3.63. The molecule has 4 heteroatoms. The number of hydrogen-bond donors (Lipinski definition) is 1. The lowest BCUT2D eigenvalue weighted by Crippen LogP contribution is -2.43. The van der Waals surface area contributed by atoms with Crippen LogP contribution in [0.5, 0.6) is 0 Å². The molecule has 86 valence electrons. The maximum absolute atomic E-state index is 11.5. The summed E-state index contributed by atoms with van der Waals surface area (Å²) in [7, 11) is 0. The van der Waals surface area contributed by atoms with Crippen LogP contribution in [-0.2, 0) is 9.59 Å². The predicted molar refractivity (Wildman–Crippen MR) is 58.2 cm³/mol. The van der Waals surface area contributed by atoms with Crippen LogP contribution >= 0.6 is 0 Å². The summed E-state index contributed by atoms with van der Waals surface area (Å²) >= 11 is 0. The standard InChI is InChI=1S/C11H20N2O2/c1-8(2)10(14)7-13-5-3-4-9(6-13)11(12)15/h8-9H,3-7H2,1-2H3,(H2,12,15). The minimum atomic E-state index is -0.239. The second kappa shape index (κ2) is 5.26. The number of nitrogens with two attached hydrogens (primary N) is 1. The molecule has 1 saturated heterocycles. The van der Waals surface area contributed by atoms with Crippen LogP contribution in [0.4, 0.5) is 0 Å². The molecule has 1 heterocycles. The monoisotopic (exact) mass is 212 g/mol. The predicted octanol–water partition coefficient (Wildman–Crippen LogP) is 0.409. The van der Waals surface area contributed by atoms with Crippen molar-refractivity contribution in [2.75, 3.05) is 19.6 Å². The Balaban J connectivity index is 2.43. The van der Waals surface area contributed by atoms with Gasteiger partial charge in [0, 0.05) is 12.5 Å². The van der Waals surface area contributed by atoms with Gasteiger partial charge in [0.2, 0.25) is 5.91 Å². The summed E-state index contributed by atoms with van der Waals surface area (Å²) in [5, 5.41) is 0. The van der Waals surface area contributed by atoms with Gasteiger partial charge in [0.1, 0.15) is 5.78 Å². The highest BCUT2D eigenvalue weighted by Crippen LogP contribution is 2.16. The van der Waals surface area contributed by atoms with Crippen LogP contribution in [0, 0.1) is 11.8 Å². The van der Waals surface area contributed by atoms with E-state index < -0.39 is 0 Å². The van der Waals surface area contributed by atoms with Gasteiger partial charge in [0.25, 0.3) is 0 Å². The minimum absolute atomic E-state index is 0.0685. The first-order chi connectivity index (χ1) is 7.00. The zero-order valence-electron chi connectivity index (χ0n) is 9.53. The van der Waals surface area contributed by atoms with Crippen molar-refractivity contribution >= 4 is 11.7 Å². The van der Waals surface area contributed by atoms with Crippen molar-refractivity contribution in [1.29, 1.82) is 0 Å². The van der Waals surface area contributed by atoms with Crippen LogP contribution in [0.25, 0.3) is 0 Å².